The van der Waals surface area contributed by atoms with Gasteiger partial charge < -0.3 is 5.32 Å². The molecular weight excluding hydrogens is 256 g/mol. The molecule has 0 aromatic heterocycles. The van der Waals surface area contributed by atoms with Crippen LogP contribution < -0.4 is 5.32 Å². The highest BCUT2D eigenvalue weighted by Crippen LogP contribution is 2.30. The summed E-state index contributed by atoms with van der Waals surface area (Å²) in [5, 5.41) is 6.29. The summed E-state index contributed by atoms with van der Waals surface area (Å²) < 4.78 is 22.4. The molecule has 1 saturated carbocycles. The van der Waals surface area contributed by atoms with E-state index in [4.69, 9.17) is 4.84 Å². The molecule has 102 valence electrons. The van der Waals surface area contributed by atoms with Gasteiger partial charge in [0.05, 0.1) is 17.2 Å². The molecule has 0 radical (unpaired) electrons. The first-order valence-electron chi connectivity index (χ1n) is 6.16. The lowest BCUT2D eigenvalue weighted by Crippen LogP contribution is -2.29. The van der Waals surface area contributed by atoms with Crippen LogP contribution in [0.25, 0.3) is 0 Å². The quantitative estimate of drug-likeness (QED) is 0.469. The van der Waals surface area contributed by atoms with Crippen LogP contribution in [0, 0.1) is 11.8 Å². The van der Waals surface area contributed by atoms with Gasteiger partial charge in [-0.3, -0.25) is 4.84 Å². The molecule has 1 N–H and O–H groups in total. The number of nitrogens with zero attached hydrogens (tertiary/aromatic N) is 1. The van der Waals surface area contributed by atoms with Crippen LogP contribution in [0.4, 0.5) is 4.79 Å². The number of sulfone groups is 1. The number of carbonyl (C=O) groups is 1. The smallest absolute Gasteiger partial charge is 0.319 e. The fraction of sp³-hybridized carbons (Fsp3) is 0.818. The summed E-state index contributed by atoms with van der Waals surface area (Å²) in [5.41, 5.74) is 0.841. The van der Waals surface area contributed by atoms with Crippen LogP contribution >= 0.6 is 0 Å². The first-order chi connectivity index (χ1) is 8.46. The third-order valence-electron chi connectivity index (χ3n) is 3.30. The number of nitrogens with one attached hydrogen (secondary N) is 1. The van der Waals surface area contributed by atoms with Crippen molar-refractivity contribution in [3.05, 3.63) is 0 Å². The lowest BCUT2D eigenvalue weighted by molar-refractivity contribution is 0.149. The van der Waals surface area contributed by atoms with E-state index in [1.807, 2.05) is 6.92 Å². The number of hydrogen-bond donors (Lipinski definition) is 1. The van der Waals surface area contributed by atoms with E-state index in [0.29, 0.717) is 18.9 Å². The maximum Gasteiger partial charge on any atom is 0.433 e. The molecule has 2 aliphatic rings. The third kappa shape index (κ3) is 3.97. The van der Waals surface area contributed by atoms with Gasteiger partial charge in [0.1, 0.15) is 0 Å². The normalized spacial score (nSPS) is 26.9. The van der Waals surface area contributed by atoms with Crippen molar-refractivity contribution in [2.24, 2.45) is 17.0 Å². The Morgan fingerprint density at radius 3 is 2.67 bits per heavy atom. The first kappa shape index (κ1) is 13.3. The molecule has 2 rings (SSSR count). The van der Waals surface area contributed by atoms with Gasteiger partial charge in [0.2, 0.25) is 0 Å². The molecule has 1 amide bonds. The summed E-state index contributed by atoms with van der Waals surface area (Å²) in [6.45, 7) is 2.17. The largest absolute Gasteiger partial charge is 0.433 e. The predicted molar refractivity (Wildman–Crippen MR) is 67.1 cm³/mol. The number of oxime groups is 1. The number of hydrogen-bond acceptors (Lipinski definition) is 5. The zero-order valence-electron chi connectivity index (χ0n) is 10.4. The van der Waals surface area contributed by atoms with Gasteiger partial charge in [-0.1, -0.05) is 5.16 Å². The summed E-state index contributed by atoms with van der Waals surface area (Å²) in [5.74, 6) is 0.833. The van der Waals surface area contributed by atoms with Crippen molar-refractivity contribution in [1.82, 2.24) is 5.32 Å². The maximum atomic E-state index is 11.3. The summed E-state index contributed by atoms with van der Waals surface area (Å²) in [7, 11) is -2.89. The van der Waals surface area contributed by atoms with Crippen molar-refractivity contribution < 1.29 is 18.0 Å². The van der Waals surface area contributed by atoms with Gasteiger partial charge >= 0.3 is 6.09 Å². The van der Waals surface area contributed by atoms with Crippen molar-refractivity contribution in [3.63, 3.8) is 0 Å². The van der Waals surface area contributed by atoms with Crippen LogP contribution in [-0.4, -0.2) is 38.3 Å². The number of carbonyl (C=O) groups excluding carboxylic acids is 1. The molecule has 0 aromatic carbocycles. The molecular formula is C11H18N2O4S. The SMILES string of the molecule is C/C(=N\OC(=O)NCC1CCS(=O)(=O)C1)C1CC1. The van der Waals surface area contributed by atoms with Crippen molar-refractivity contribution in [1.29, 1.82) is 0 Å². The van der Waals surface area contributed by atoms with E-state index in [1.54, 1.807) is 0 Å². The lowest BCUT2D eigenvalue weighted by Gasteiger charge is -2.07. The minimum atomic E-state index is -2.89. The summed E-state index contributed by atoms with van der Waals surface area (Å²) in [4.78, 5) is 16.0. The highest BCUT2D eigenvalue weighted by molar-refractivity contribution is 7.91. The second kappa shape index (κ2) is 5.26. The van der Waals surface area contributed by atoms with Gasteiger partial charge in [-0.25, -0.2) is 13.2 Å². The van der Waals surface area contributed by atoms with Crippen molar-refractivity contribution in [3.8, 4) is 0 Å². The Balaban J connectivity index is 1.67. The zero-order valence-corrected chi connectivity index (χ0v) is 11.2. The Morgan fingerprint density at radius 2 is 2.11 bits per heavy atom. The van der Waals surface area contributed by atoms with E-state index in [0.717, 1.165) is 18.6 Å². The summed E-state index contributed by atoms with van der Waals surface area (Å²) in [6.07, 6.45) is 2.22. The summed E-state index contributed by atoms with van der Waals surface area (Å²) in [6, 6.07) is 0. The molecule has 0 bridgehead atoms. The Bertz CT molecular complexity index is 454. The fourth-order valence-corrected chi connectivity index (χ4v) is 3.84. The fourth-order valence-electron chi connectivity index (χ4n) is 1.98. The van der Waals surface area contributed by atoms with Gasteiger partial charge in [-0.15, -0.1) is 0 Å². The standard InChI is InChI=1S/C11H18N2O4S/c1-8(10-2-3-10)13-17-11(14)12-6-9-4-5-18(15,16)7-9/h9-10H,2-7H2,1H3,(H,12,14)/b13-8+. The van der Waals surface area contributed by atoms with Gasteiger partial charge in [-0.05, 0) is 32.1 Å². The molecule has 1 aliphatic carbocycles. The van der Waals surface area contributed by atoms with Gasteiger partial charge in [0, 0.05) is 12.5 Å². The second-order valence-corrected chi connectivity index (χ2v) is 7.26. The van der Waals surface area contributed by atoms with E-state index >= 15 is 0 Å². The van der Waals surface area contributed by atoms with Crippen LogP contribution in [0.3, 0.4) is 0 Å². The van der Waals surface area contributed by atoms with E-state index < -0.39 is 15.9 Å². The monoisotopic (exact) mass is 274 g/mol. The average molecular weight is 274 g/mol. The molecule has 1 unspecified atom stereocenters. The summed E-state index contributed by atoms with van der Waals surface area (Å²) >= 11 is 0. The average Bonchev–Trinajstić information content (AvgIpc) is 3.09. The Kier molecular flexibility index (Phi) is 3.89. The van der Waals surface area contributed by atoms with E-state index in [1.165, 1.54) is 0 Å². The molecule has 18 heavy (non-hydrogen) atoms. The topological polar surface area (TPSA) is 84.8 Å². The van der Waals surface area contributed by atoms with Gasteiger partial charge in [0.25, 0.3) is 0 Å². The predicted octanol–water partition coefficient (Wildman–Crippen LogP) is 0.933. The maximum absolute atomic E-state index is 11.3. The highest BCUT2D eigenvalue weighted by atomic mass is 32.2. The molecule has 2 fully saturated rings. The Labute approximate surface area is 107 Å². The van der Waals surface area contributed by atoms with E-state index in [2.05, 4.69) is 10.5 Å². The molecule has 0 aromatic rings. The van der Waals surface area contributed by atoms with Crippen LogP contribution in [0.5, 0.6) is 0 Å². The zero-order chi connectivity index (χ0) is 13.2. The first-order valence-corrected chi connectivity index (χ1v) is 7.98. The minimum absolute atomic E-state index is 0.00365. The van der Waals surface area contributed by atoms with Gasteiger partial charge in [-0.2, -0.15) is 0 Å². The molecule has 1 aliphatic heterocycles. The van der Waals surface area contributed by atoms with E-state index in [9.17, 15) is 13.2 Å². The van der Waals surface area contributed by atoms with Crippen LogP contribution in [0.15, 0.2) is 5.16 Å². The highest BCUT2D eigenvalue weighted by Gasteiger charge is 2.28. The Morgan fingerprint density at radius 1 is 1.39 bits per heavy atom. The van der Waals surface area contributed by atoms with Crippen molar-refractivity contribution in [2.75, 3.05) is 18.1 Å². The van der Waals surface area contributed by atoms with Crippen LogP contribution in [0.2, 0.25) is 0 Å². The van der Waals surface area contributed by atoms with Crippen molar-refractivity contribution >= 4 is 21.6 Å². The lowest BCUT2D eigenvalue weighted by atomic mass is 10.1. The minimum Gasteiger partial charge on any atom is -0.319 e. The molecule has 0 spiro atoms. The Hall–Kier alpha value is -1.11. The molecule has 1 saturated heterocycles. The molecule has 1 heterocycles. The second-order valence-electron chi connectivity index (χ2n) is 5.04. The van der Waals surface area contributed by atoms with E-state index in [-0.39, 0.29) is 17.4 Å². The molecule has 7 heteroatoms. The van der Waals surface area contributed by atoms with Gasteiger partial charge in [0.15, 0.2) is 9.84 Å². The van der Waals surface area contributed by atoms with Crippen molar-refractivity contribution in [2.45, 2.75) is 26.2 Å². The van der Waals surface area contributed by atoms with Crippen LogP contribution in [0.1, 0.15) is 26.2 Å². The molecule has 1 atom stereocenters. The number of rotatable bonds is 4. The van der Waals surface area contributed by atoms with Crippen LogP contribution in [-0.2, 0) is 14.7 Å². The third-order valence-corrected chi connectivity index (χ3v) is 5.14. The molecule has 6 nitrogen and oxygen atoms in total. The number of amides is 1.